The number of carbonyl (C=O) groups is 2. The van der Waals surface area contributed by atoms with Gasteiger partial charge in [-0.1, -0.05) is 70.4 Å². The number of carboxylic acids is 1. The van der Waals surface area contributed by atoms with Gasteiger partial charge in [-0.15, -0.1) is 0 Å². The fourth-order valence-corrected chi connectivity index (χ4v) is 3.60. The van der Waals surface area contributed by atoms with Gasteiger partial charge in [0.15, 0.2) is 0 Å². The van der Waals surface area contributed by atoms with E-state index < -0.39 is 5.97 Å². The van der Waals surface area contributed by atoms with Crippen molar-refractivity contribution in [3.63, 3.8) is 0 Å². The highest BCUT2D eigenvalue weighted by Gasteiger charge is 2.24. The number of hydrogen-bond acceptors (Lipinski definition) is 2. The molecule has 28 heavy (non-hydrogen) atoms. The minimum absolute atomic E-state index is 0.00466. The van der Waals surface area contributed by atoms with Gasteiger partial charge in [-0.3, -0.25) is 9.59 Å². The summed E-state index contributed by atoms with van der Waals surface area (Å²) in [7, 11) is 0. The van der Waals surface area contributed by atoms with Gasteiger partial charge in [0.05, 0.1) is 6.42 Å². The average Bonchev–Trinajstić information content (AvgIpc) is 2.67. The van der Waals surface area contributed by atoms with Gasteiger partial charge >= 0.3 is 5.97 Å². The molecule has 0 spiro atoms. The first-order chi connectivity index (χ1) is 13.6. The summed E-state index contributed by atoms with van der Waals surface area (Å²) >= 11 is 0. The molecule has 0 saturated carbocycles. The first kappa shape index (κ1) is 26.7. The second-order valence-corrected chi connectivity index (χ2v) is 7.82. The summed E-state index contributed by atoms with van der Waals surface area (Å²) in [5, 5.41) is 9.10. The Morgan fingerprint density at radius 2 is 1.29 bits per heavy atom. The molecule has 0 aromatic carbocycles. The van der Waals surface area contributed by atoms with Crippen LogP contribution in [-0.2, 0) is 9.59 Å². The highest BCUT2D eigenvalue weighted by atomic mass is 16.4. The maximum Gasteiger partial charge on any atom is 0.304 e. The number of carbonyl (C=O) groups excluding carboxylic acids is 1. The molecule has 0 aliphatic carbocycles. The van der Waals surface area contributed by atoms with E-state index in [0.717, 1.165) is 25.7 Å². The minimum Gasteiger partial charge on any atom is -0.481 e. The van der Waals surface area contributed by atoms with Crippen molar-refractivity contribution in [3.8, 4) is 0 Å². The van der Waals surface area contributed by atoms with Crippen LogP contribution in [0.25, 0.3) is 0 Å². The van der Waals surface area contributed by atoms with E-state index >= 15 is 0 Å². The van der Waals surface area contributed by atoms with Crippen LogP contribution < -0.4 is 0 Å². The van der Waals surface area contributed by atoms with Crippen molar-refractivity contribution in [1.29, 1.82) is 0 Å². The van der Waals surface area contributed by atoms with Crippen LogP contribution in [0.15, 0.2) is 12.2 Å². The lowest BCUT2D eigenvalue weighted by atomic mass is 9.95. The Hall–Kier alpha value is -1.32. The van der Waals surface area contributed by atoms with Crippen LogP contribution in [0.5, 0.6) is 0 Å². The first-order valence-electron chi connectivity index (χ1n) is 11.7. The van der Waals surface area contributed by atoms with E-state index in [-0.39, 0.29) is 18.2 Å². The van der Waals surface area contributed by atoms with Crippen molar-refractivity contribution in [1.82, 2.24) is 4.90 Å². The van der Waals surface area contributed by atoms with Crippen LogP contribution >= 0.6 is 0 Å². The summed E-state index contributed by atoms with van der Waals surface area (Å²) in [4.78, 5) is 25.3. The van der Waals surface area contributed by atoms with Gasteiger partial charge in [0.1, 0.15) is 0 Å². The maximum absolute atomic E-state index is 12.5. The second kappa shape index (κ2) is 19.0. The van der Waals surface area contributed by atoms with Crippen molar-refractivity contribution in [3.05, 3.63) is 12.2 Å². The lowest BCUT2D eigenvalue weighted by Crippen LogP contribution is -2.36. The van der Waals surface area contributed by atoms with E-state index in [1.807, 2.05) is 13.8 Å². The highest BCUT2D eigenvalue weighted by Crippen LogP contribution is 2.18. The molecule has 0 heterocycles. The molecule has 0 aliphatic heterocycles. The molecule has 0 radical (unpaired) electrons. The van der Waals surface area contributed by atoms with Crippen molar-refractivity contribution in [2.75, 3.05) is 13.1 Å². The molecule has 1 atom stereocenters. The Balaban J connectivity index is 3.80. The third-order valence-electron chi connectivity index (χ3n) is 5.41. The fraction of sp³-hybridized carbons (Fsp3) is 0.833. The predicted octanol–water partition coefficient (Wildman–Crippen LogP) is 6.59. The minimum atomic E-state index is -0.874. The van der Waals surface area contributed by atoms with Gasteiger partial charge in [-0.2, -0.15) is 0 Å². The molecule has 0 aliphatic rings. The molecule has 0 rings (SSSR count). The SMILES string of the molecule is CCCCCCCC/C=C/CCCCCCC(CC(=O)O)C(=O)N(CC)CC. The van der Waals surface area contributed by atoms with Gasteiger partial charge in [0, 0.05) is 19.0 Å². The van der Waals surface area contributed by atoms with Crippen LogP contribution in [0.1, 0.15) is 111 Å². The summed E-state index contributed by atoms with van der Waals surface area (Å²) in [5.41, 5.74) is 0. The third-order valence-corrected chi connectivity index (χ3v) is 5.41. The quantitative estimate of drug-likeness (QED) is 0.198. The van der Waals surface area contributed by atoms with Gasteiger partial charge in [0.2, 0.25) is 5.91 Å². The van der Waals surface area contributed by atoms with Crippen LogP contribution in [0.3, 0.4) is 0 Å². The van der Waals surface area contributed by atoms with E-state index in [2.05, 4.69) is 19.1 Å². The Morgan fingerprint density at radius 3 is 1.79 bits per heavy atom. The van der Waals surface area contributed by atoms with E-state index in [9.17, 15) is 9.59 Å². The molecular formula is C24H45NO3. The largest absolute Gasteiger partial charge is 0.481 e. The summed E-state index contributed by atoms with van der Waals surface area (Å²) in [5.74, 6) is -1.24. The topological polar surface area (TPSA) is 57.6 Å². The van der Waals surface area contributed by atoms with Gasteiger partial charge in [-0.05, 0) is 46.0 Å². The van der Waals surface area contributed by atoms with E-state index in [0.29, 0.717) is 19.5 Å². The molecule has 0 aromatic heterocycles. The zero-order chi connectivity index (χ0) is 21.0. The Kier molecular flexibility index (Phi) is 18.1. The zero-order valence-electron chi connectivity index (χ0n) is 18.8. The molecule has 1 amide bonds. The summed E-state index contributed by atoms with van der Waals surface area (Å²) < 4.78 is 0. The van der Waals surface area contributed by atoms with Gasteiger partial charge in [-0.25, -0.2) is 0 Å². The molecule has 4 nitrogen and oxygen atoms in total. The second-order valence-electron chi connectivity index (χ2n) is 7.82. The highest BCUT2D eigenvalue weighted by molar-refractivity contribution is 5.83. The van der Waals surface area contributed by atoms with E-state index in [4.69, 9.17) is 5.11 Å². The molecule has 1 unspecified atom stereocenters. The molecule has 0 bridgehead atoms. The molecule has 0 fully saturated rings. The molecule has 0 aromatic rings. The van der Waals surface area contributed by atoms with Gasteiger partial charge in [0.25, 0.3) is 0 Å². The Morgan fingerprint density at radius 1 is 0.786 bits per heavy atom. The predicted molar refractivity (Wildman–Crippen MR) is 119 cm³/mol. The third kappa shape index (κ3) is 14.7. The number of amides is 1. The molecular weight excluding hydrogens is 350 g/mol. The smallest absolute Gasteiger partial charge is 0.304 e. The molecule has 4 heteroatoms. The Labute approximate surface area is 173 Å². The number of allylic oxidation sites excluding steroid dienone is 2. The van der Waals surface area contributed by atoms with Crippen molar-refractivity contribution in [2.24, 2.45) is 5.92 Å². The number of nitrogens with zero attached hydrogens (tertiary/aromatic N) is 1. The standard InChI is InChI=1S/C24H45NO3/c1-4-7-8-9-10-11-12-13-14-15-16-17-18-19-20-22(21-23(26)27)24(28)25(5-2)6-3/h13-14,22H,4-12,15-21H2,1-3H3,(H,26,27)/b14-13+. The summed E-state index contributed by atoms with van der Waals surface area (Å²) in [6, 6.07) is 0. The zero-order valence-corrected chi connectivity index (χ0v) is 18.8. The number of unbranched alkanes of at least 4 members (excludes halogenated alkanes) is 10. The van der Waals surface area contributed by atoms with Crippen molar-refractivity contribution < 1.29 is 14.7 Å². The lowest BCUT2D eigenvalue weighted by molar-refractivity contribution is -0.144. The first-order valence-corrected chi connectivity index (χ1v) is 11.7. The normalized spacial score (nSPS) is 12.4. The van der Waals surface area contributed by atoms with Crippen LogP contribution in [0, 0.1) is 5.92 Å². The molecule has 0 saturated heterocycles. The number of rotatable bonds is 19. The number of aliphatic carboxylic acids is 1. The average molecular weight is 396 g/mol. The van der Waals surface area contributed by atoms with Gasteiger partial charge < -0.3 is 10.0 Å². The Bertz CT molecular complexity index is 416. The summed E-state index contributed by atoms with van der Waals surface area (Å²) in [6.07, 6.45) is 20.1. The van der Waals surface area contributed by atoms with Crippen LogP contribution in [0.2, 0.25) is 0 Å². The summed E-state index contributed by atoms with van der Waals surface area (Å²) in [6.45, 7) is 7.44. The number of carboxylic acid groups (broad SMARTS) is 1. The van der Waals surface area contributed by atoms with E-state index in [1.165, 1.54) is 51.4 Å². The monoisotopic (exact) mass is 395 g/mol. The van der Waals surface area contributed by atoms with Crippen molar-refractivity contribution in [2.45, 2.75) is 111 Å². The van der Waals surface area contributed by atoms with Crippen molar-refractivity contribution >= 4 is 11.9 Å². The molecule has 1 N–H and O–H groups in total. The number of hydrogen-bond donors (Lipinski definition) is 1. The van der Waals surface area contributed by atoms with E-state index in [1.54, 1.807) is 4.90 Å². The fourth-order valence-electron chi connectivity index (χ4n) is 3.60. The maximum atomic E-state index is 12.5. The lowest BCUT2D eigenvalue weighted by Gasteiger charge is -2.24. The molecule has 164 valence electrons. The van der Waals surface area contributed by atoms with Crippen LogP contribution in [-0.4, -0.2) is 35.0 Å². The van der Waals surface area contributed by atoms with Crippen LogP contribution in [0.4, 0.5) is 0 Å².